The van der Waals surface area contributed by atoms with Gasteiger partial charge in [0, 0.05) is 24.1 Å². The average Bonchev–Trinajstić information content (AvgIpc) is 2.56. The third-order valence-corrected chi connectivity index (χ3v) is 2.49. The Morgan fingerprint density at radius 1 is 1.27 bits per heavy atom. The summed E-state index contributed by atoms with van der Waals surface area (Å²) >= 11 is 5.17. The van der Waals surface area contributed by atoms with E-state index in [-0.39, 0.29) is 0 Å². The van der Waals surface area contributed by atoms with Gasteiger partial charge in [0.2, 0.25) is 5.78 Å². The molecule has 2 aromatic rings. The summed E-state index contributed by atoms with van der Waals surface area (Å²) in [4.78, 5) is 22.3. The van der Waals surface area contributed by atoms with Gasteiger partial charge in [-0.3, -0.25) is 9.59 Å². The van der Waals surface area contributed by atoms with E-state index in [2.05, 4.69) is 0 Å². The van der Waals surface area contributed by atoms with Crippen molar-refractivity contribution in [2.24, 2.45) is 7.05 Å². The molecule has 0 aliphatic heterocycles. The van der Waals surface area contributed by atoms with Crippen LogP contribution >= 0.6 is 11.6 Å². The molecule has 2 rings (SSSR count). The number of para-hydroxylation sites is 1. The Morgan fingerprint density at radius 3 is 2.60 bits per heavy atom. The van der Waals surface area contributed by atoms with Crippen molar-refractivity contribution in [1.82, 2.24) is 4.57 Å². The maximum atomic E-state index is 11.5. The van der Waals surface area contributed by atoms with Crippen LogP contribution in [-0.2, 0) is 11.8 Å². The number of rotatable bonds is 2. The summed E-state index contributed by atoms with van der Waals surface area (Å²) in [6.07, 6.45) is 1.62. The van der Waals surface area contributed by atoms with E-state index >= 15 is 0 Å². The van der Waals surface area contributed by atoms with E-state index < -0.39 is 11.0 Å². The standard InChI is InChI=1S/C11H8ClNO2/c1-13-6-8(10(14)11(12)15)7-4-2-3-5-9(7)13/h2-6H,1H3. The predicted octanol–water partition coefficient (Wildman–Crippen LogP) is 2.13. The Balaban J connectivity index is 2.72. The SMILES string of the molecule is Cn1cc(C(=O)C(=O)Cl)c2ccccc21. The van der Waals surface area contributed by atoms with Gasteiger partial charge in [-0.15, -0.1) is 0 Å². The topological polar surface area (TPSA) is 39.1 Å². The third-order valence-electron chi connectivity index (χ3n) is 2.32. The monoisotopic (exact) mass is 221 g/mol. The Hall–Kier alpha value is -1.61. The fourth-order valence-electron chi connectivity index (χ4n) is 1.63. The lowest BCUT2D eigenvalue weighted by Crippen LogP contribution is -2.06. The van der Waals surface area contributed by atoms with E-state index in [0.717, 1.165) is 10.9 Å². The first-order chi connectivity index (χ1) is 7.11. The number of aromatic nitrogens is 1. The number of aryl methyl sites for hydroxylation is 1. The molecule has 1 heterocycles. The number of fused-ring (bicyclic) bond motifs is 1. The molecule has 0 spiro atoms. The minimum atomic E-state index is -0.952. The zero-order valence-electron chi connectivity index (χ0n) is 8.03. The molecule has 0 aliphatic carbocycles. The fraction of sp³-hybridized carbons (Fsp3) is 0.0909. The smallest absolute Gasteiger partial charge is 0.293 e. The van der Waals surface area contributed by atoms with Gasteiger partial charge in [0.1, 0.15) is 0 Å². The number of carbonyl (C=O) groups is 2. The van der Waals surface area contributed by atoms with Crippen molar-refractivity contribution >= 4 is 33.5 Å². The van der Waals surface area contributed by atoms with Crippen molar-refractivity contribution in [3.05, 3.63) is 36.0 Å². The summed E-state index contributed by atoms with van der Waals surface area (Å²) in [6.45, 7) is 0. The van der Waals surface area contributed by atoms with Gasteiger partial charge in [-0.05, 0) is 17.7 Å². The lowest BCUT2D eigenvalue weighted by Gasteiger charge is -1.93. The lowest BCUT2D eigenvalue weighted by atomic mass is 10.1. The molecule has 0 aliphatic rings. The van der Waals surface area contributed by atoms with Crippen LogP contribution in [0.5, 0.6) is 0 Å². The van der Waals surface area contributed by atoms with Crippen LogP contribution in [0, 0.1) is 0 Å². The summed E-state index contributed by atoms with van der Waals surface area (Å²) in [7, 11) is 1.82. The number of nitrogens with zero attached hydrogens (tertiary/aromatic N) is 1. The molecular weight excluding hydrogens is 214 g/mol. The predicted molar refractivity (Wildman–Crippen MR) is 58.1 cm³/mol. The second kappa shape index (κ2) is 3.51. The molecule has 3 nitrogen and oxygen atoms in total. The van der Waals surface area contributed by atoms with E-state index in [4.69, 9.17) is 11.6 Å². The van der Waals surface area contributed by atoms with Gasteiger partial charge >= 0.3 is 0 Å². The van der Waals surface area contributed by atoms with E-state index in [1.54, 1.807) is 16.8 Å². The number of hydrogen-bond acceptors (Lipinski definition) is 2. The number of hydrogen-bond donors (Lipinski definition) is 0. The molecule has 0 amide bonds. The van der Waals surface area contributed by atoms with E-state index in [1.807, 2.05) is 25.2 Å². The Bertz CT molecular complexity index is 557. The Labute approximate surface area is 91.3 Å². The first kappa shape index (κ1) is 9.93. The summed E-state index contributed by atoms with van der Waals surface area (Å²) in [6, 6.07) is 7.37. The molecule has 15 heavy (non-hydrogen) atoms. The molecule has 0 unspecified atom stereocenters. The lowest BCUT2D eigenvalue weighted by molar-refractivity contribution is -0.108. The van der Waals surface area contributed by atoms with Gasteiger partial charge in [0.15, 0.2) is 0 Å². The summed E-state index contributed by atoms with van der Waals surface area (Å²) < 4.78 is 1.79. The molecule has 0 fully saturated rings. The molecule has 0 saturated heterocycles. The van der Waals surface area contributed by atoms with Crippen LogP contribution in [0.4, 0.5) is 0 Å². The van der Waals surface area contributed by atoms with E-state index in [9.17, 15) is 9.59 Å². The molecule has 0 bridgehead atoms. The highest BCUT2D eigenvalue weighted by molar-refractivity contribution is 6.83. The molecule has 1 aromatic heterocycles. The summed E-state index contributed by atoms with van der Waals surface area (Å²) in [5.41, 5.74) is 1.26. The second-order valence-electron chi connectivity index (χ2n) is 3.27. The number of Topliss-reactive ketones (excluding diaryl/α,β-unsaturated/α-hetero) is 1. The van der Waals surface area contributed by atoms with E-state index in [0.29, 0.717) is 5.56 Å². The zero-order chi connectivity index (χ0) is 11.0. The maximum absolute atomic E-state index is 11.5. The van der Waals surface area contributed by atoms with Crippen LogP contribution in [-0.4, -0.2) is 15.6 Å². The third kappa shape index (κ3) is 1.55. The van der Waals surface area contributed by atoms with E-state index in [1.165, 1.54) is 0 Å². The largest absolute Gasteiger partial charge is 0.350 e. The first-order valence-corrected chi connectivity index (χ1v) is 4.77. The Morgan fingerprint density at radius 2 is 1.93 bits per heavy atom. The van der Waals surface area contributed by atoms with Gasteiger partial charge < -0.3 is 4.57 Å². The van der Waals surface area contributed by atoms with Crippen LogP contribution in [0.2, 0.25) is 0 Å². The van der Waals surface area contributed by atoms with Crippen molar-refractivity contribution in [2.75, 3.05) is 0 Å². The van der Waals surface area contributed by atoms with Crippen molar-refractivity contribution in [2.45, 2.75) is 0 Å². The van der Waals surface area contributed by atoms with Crippen molar-refractivity contribution in [3.63, 3.8) is 0 Å². The molecule has 0 radical (unpaired) electrons. The zero-order valence-corrected chi connectivity index (χ0v) is 8.78. The fourth-order valence-corrected chi connectivity index (χ4v) is 1.73. The van der Waals surface area contributed by atoms with Crippen molar-refractivity contribution in [1.29, 1.82) is 0 Å². The molecule has 76 valence electrons. The minimum Gasteiger partial charge on any atom is -0.350 e. The summed E-state index contributed by atoms with van der Waals surface area (Å²) in [5, 5.41) is -0.203. The molecule has 1 aromatic carbocycles. The minimum absolute atomic E-state index is 0.355. The van der Waals surface area contributed by atoms with Gasteiger partial charge in [-0.25, -0.2) is 0 Å². The quantitative estimate of drug-likeness (QED) is 0.443. The summed E-state index contributed by atoms with van der Waals surface area (Å²) in [5.74, 6) is -0.659. The van der Waals surface area contributed by atoms with Gasteiger partial charge in [0.25, 0.3) is 5.24 Å². The number of halogens is 1. The van der Waals surface area contributed by atoms with Crippen LogP contribution in [0.25, 0.3) is 10.9 Å². The highest BCUT2D eigenvalue weighted by atomic mass is 35.5. The van der Waals surface area contributed by atoms with Crippen molar-refractivity contribution in [3.8, 4) is 0 Å². The number of benzene rings is 1. The van der Waals surface area contributed by atoms with Crippen LogP contribution in [0.1, 0.15) is 10.4 Å². The molecular formula is C11H8ClNO2. The normalized spacial score (nSPS) is 10.5. The number of carbonyl (C=O) groups excluding carboxylic acids is 2. The van der Waals surface area contributed by atoms with Crippen molar-refractivity contribution < 1.29 is 9.59 Å². The van der Waals surface area contributed by atoms with Gasteiger partial charge in [-0.2, -0.15) is 0 Å². The maximum Gasteiger partial charge on any atom is 0.293 e. The van der Waals surface area contributed by atoms with Crippen LogP contribution in [0.15, 0.2) is 30.5 Å². The average molecular weight is 222 g/mol. The van der Waals surface area contributed by atoms with Gasteiger partial charge in [-0.1, -0.05) is 18.2 Å². The van der Waals surface area contributed by atoms with Crippen LogP contribution in [0.3, 0.4) is 0 Å². The highest BCUT2D eigenvalue weighted by Gasteiger charge is 2.18. The molecule has 0 saturated carbocycles. The second-order valence-corrected chi connectivity index (χ2v) is 3.62. The number of ketones is 1. The molecule has 0 atom stereocenters. The van der Waals surface area contributed by atoms with Gasteiger partial charge in [0.05, 0.1) is 5.56 Å². The highest BCUT2D eigenvalue weighted by Crippen LogP contribution is 2.21. The molecule has 4 heteroatoms. The van der Waals surface area contributed by atoms with Crippen LogP contribution < -0.4 is 0 Å². The first-order valence-electron chi connectivity index (χ1n) is 4.39. The Kier molecular flexibility index (Phi) is 2.32. The molecule has 0 N–H and O–H groups in total.